The summed E-state index contributed by atoms with van der Waals surface area (Å²) in [6.45, 7) is 4.85. The minimum absolute atomic E-state index is 0.101. The van der Waals surface area contributed by atoms with E-state index in [4.69, 9.17) is 0 Å². The van der Waals surface area contributed by atoms with Crippen LogP contribution < -0.4 is 10.3 Å². The lowest BCUT2D eigenvalue weighted by Gasteiger charge is -2.15. The van der Waals surface area contributed by atoms with Crippen molar-refractivity contribution in [2.75, 3.05) is 11.6 Å². The molecule has 1 amide bonds. The van der Waals surface area contributed by atoms with Crippen molar-refractivity contribution in [3.8, 4) is 0 Å². The van der Waals surface area contributed by atoms with E-state index in [0.717, 1.165) is 30.1 Å². The lowest BCUT2D eigenvalue weighted by Crippen LogP contribution is -2.27. The van der Waals surface area contributed by atoms with Gasteiger partial charge in [0, 0.05) is 30.4 Å². The lowest BCUT2D eigenvalue weighted by atomic mass is 10.1. The molecule has 23 heavy (non-hydrogen) atoms. The first kappa shape index (κ1) is 15.2. The van der Waals surface area contributed by atoms with Crippen LogP contribution in [-0.4, -0.2) is 23.1 Å². The van der Waals surface area contributed by atoms with Gasteiger partial charge in [-0.2, -0.15) is 5.10 Å². The van der Waals surface area contributed by atoms with Crippen LogP contribution in [0.4, 0.5) is 5.69 Å². The third kappa shape index (κ3) is 3.56. The van der Waals surface area contributed by atoms with E-state index in [1.54, 1.807) is 6.20 Å². The van der Waals surface area contributed by atoms with Crippen molar-refractivity contribution in [2.24, 2.45) is 5.10 Å². The molecule has 2 aromatic rings. The molecule has 3 rings (SSSR count). The molecule has 1 aromatic carbocycles. The quantitative estimate of drug-likeness (QED) is 0.944. The summed E-state index contributed by atoms with van der Waals surface area (Å²) in [5.41, 5.74) is 3.63. The first-order chi connectivity index (χ1) is 11.1. The Balaban J connectivity index is 1.66. The second-order valence-electron chi connectivity index (χ2n) is 5.71. The molecule has 5 nitrogen and oxygen atoms in total. The first-order valence-electron chi connectivity index (χ1n) is 7.77. The number of hydrogen-bond acceptors (Lipinski definition) is 4. The third-order valence-electron chi connectivity index (χ3n) is 3.88. The molecule has 1 atom stereocenters. The molecule has 1 N–H and O–H groups in total. The maximum Gasteiger partial charge on any atom is 0.251 e. The summed E-state index contributed by atoms with van der Waals surface area (Å²) < 4.78 is 0. The Labute approximate surface area is 136 Å². The second-order valence-corrected chi connectivity index (χ2v) is 5.71. The first-order valence-corrected chi connectivity index (χ1v) is 7.77. The van der Waals surface area contributed by atoms with Crippen LogP contribution in [0.15, 0.2) is 53.8 Å². The maximum atomic E-state index is 12.3. The summed E-state index contributed by atoms with van der Waals surface area (Å²) in [7, 11) is 0. The predicted molar refractivity (Wildman–Crippen MR) is 91.6 cm³/mol. The molecule has 0 fully saturated rings. The third-order valence-corrected chi connectivity index (χ3v) is 3.88. The number of nitrogens with one attached hydrogen (secondary N) is 1. The summed E-state index contributed by atoms with van der Waals surface area (Å²) >= 11 is 0. The van der Waals surface area contributed by atoms with Crippen LogP contribution in [0.2, 0.25) is 0 Å². The topological polar surface area (TPSA) is 57.6 Å². The fourth-order valence-electron chi connectivity index (χ4n) is 2.53. The molecular weight excluding hydrogens is 288 g/mol. The van der Waals surface area contributed by atoms with Crippen LogP contribution in [0.1, 0.15) is 42.4 Å². The standard InChI is InChI=1S/C18H20N4O/c1-13-10-12-22(21-13)16-8-6-15(7-9-16)18(23)20-14(2)17-5-3-4-11-19-17/h3-9,11,14H,10,12H2,1-2H3,(H,20,23)/t14-/m0/s1. The highest BCUT2D eigenvalue weighted by Crippen LogP contribution is 2.20. The highest BCUT2D eigenvalue weighted by molar-refractivity contribution is 5.94. The van der Waals surface area contributed by atoms with Crippen LogP contribution in [0.25, 0.3) is 0 Å². The summed E-state index contributed by atoms with van der Waals surface area (Å²) in [5.74, 6) is -0.101. The molecule has 0 aliphatic carbocycles. The number of benzene rings is 1. The zero-order valence-electron chi connectivity index (χ0n) is 13.4. The molecule has 0 bridgehead atoms. The number of nitrogens with zero attached hydrogens (tertiary/aromatic N) is 3. The smallest absolute Gasteiger partial charge is 0.251 e. The SMILES string of the molecule is CC1=NN(c2ccc(C(=O)N[C@@H](C)c3ccccn3)cc2)CC1. The van der Waals surface area contributed by atoms with Crippen molar-refractivity contribution in [2.45, 2.75) is 26.3 Å². The number of aromatic nitrogens is 1. The number of hydrazone groups is 1. The maximum absolute atomic E-state index is 12.3. The molecule has 1 aliphatic heterocycles. The van der Waals surface area contributed by atoms with E-state index < -0.39 is 0 Å². The van der Waals surface area contributed by atoms with Crippen LogP contribution in [0.5, 0.6) is 0 Å². The van der Waals surface area contributed by atoms with Crippen LogP contribution in [0, 0.1) is 0 Å². The van der Waals surface area contributed by atoms with E-state index in [1.807, 2.05) is 61.3 Å². The van der Waals surface area contributed by atoms with Crippen molar-refractivity contribution in [1.29, 1.82) is 0 Å². The van der Waals surface area contributed by atoms with E-state index in [0.29, 0.717) is 5.56 Å². The highest BCUT2D eigenvalue weighted by atomic mass is 16.1. The fourth-order valence-corrected chi connectivity index (χ4v) is 2.53. The Morgan fingerprint density at radius 1 is 1.22 bits per heavy atom. The molecule has 0 radical (unpaired) electrons. The van der Waals surface area contributed by atoms with Gasteiger partial charge in [0.15, 0.2) is 0 Å². The van der Waals surface area contributed by atoms with Gasteiger partial charge in [-0.05, 0) is 50.2 Å². The number of anilines is 1. The van der Waals surface area contributed by atoms with Gasteiger partial charge in [-0.3, -0.25) is 14.8 Å². The normalized spacial score (nSPS) is 15.2. The summed E-state index contributed by atoms with van der Waals surface area (Å²) in [4.78, 5) is 16.6. The Kier molecular flexibility index (Phi) is 4.37. The minimum atomic E-state index is -0.130. The number of rotatable bonds is 4. The molecular formula is C18H20N4O. The lowest BCUT2D eigenvalue weighted by molar-refractivity contribution is 0.0939. The number of carbonyl (C=O) groups excluding carboxylic acids is 1. The number of pyridine rings is 1. The number of amides is 1. The Hall–Kier alpha value is -2.69. The summed E-state index contributed by atoms with van der Waals surface area (Å²) in [6.07, 6.45) is 2.72. The average molecular weight is 308 g/mol. The van der Waals surface area contributed by atoms with Gasteiger partial charge in [-0.15, -0.1) is 0 Å². The summed E-state index contributed by atoms with van der Waals surface area (Å²) in [5, 5.41) is 9.39. The van der Waals surface area contributed by atoms with E-state index in [9.17, 15) is 4.79 Å². The minimum Gasteiger partial charge on any atom is -0.344 e. The zero-order chi connectivity index (χ0) is 16.2. The van der Waals surface area contributed by atoms with Gasteiger partial charge >= 0.3 is 0 Å². The van der Waals surface area contributed by atoms with E-state index in [-0.39, 0.29) is 11.9 Å². The molecule has 118 valence electrons. The Bertz CT molecular complexity index is 710. The van der Waals surface area contributed by atoms with Gasteiger partial charge < -0.3 is 5.32 Å². The van der Waals surface area contributed by atoms with Gasteiger partial charge in [-0.25, -0.2) is 0 Å². The van der Waals surface area contributed by atoms with Crippen molar-refractivity contribution in [1.82, 2.24) is 10.3 Å². The van der Waals surface area contributed by atoms with Crippen molar-refractivity contribution < 1.29 is 4.79 Å². The van der Waals surface area contributed by atoms with Crippen LogP contribution >= 0.6 is 0 Å². The van der Waals surface area contributed by atoms with Crippen LogP contribution in [-0.2, 0) is 0 Å². The largest absolute Gasteiger partial charge is 0.344 e. The average Bonchev–Trinajstić information content (AvgIpc) is 3.02. The summed E-state index contributed by atoms with van der Waals surface area (Å²) in [6, 6.07) is 13.1. The monoisotopic (exact) mass is 308 g/mol. The molecule has 0 unspecified atom stereocenters. The molecule has 2 heterocycles. The van der Waals surface area contributed by atoms with E-state index in [2.05, 4.69) is 15.4 Å². The Morgan fingerprint density at radius 2 is 2.00 bits per heavy atom. The molecule has 1 aliphatic rings. The van der Waals surface area contributed by atoms with Gasteiger partial charge in [0.2, 0.25) is 0 Å². The van der Waals surface area contributed by atoms with Gasteiger partial charge in [0.05, 0.1) is 17.4 Å². The molecule has 1 aromatic heterocycles. The zero-order valence-corrected chi connectivity index (χ0v) is 13.4. The molecule has 0 saturated carbocycles. The Morgan fingerprint density at radius 3 is 2.61 bits per heavy atom. The van der Waals surface area contributed by atoms with Crippen molar-refractivity contribution in [3.05, 3.63) is 59.9 Å². The number of hydrogen-bond donors (Lipinski definition) is 1. The van der Waals surface area contributed by atoms with Gasteiger partial charge in [0.25, 0.3) is 5.91 Å². The van der Waals surface area contributed by atoms with Crippen molar-refractivity contribution >= 4 is 17.3 Å². The van der Waals surface area contributed by atoms with E-state index in [1.165, 1.54) is 0 Å². The van der Waals surface area contributed by atoms with Crippen LogP contribution in [0.3, 0.4) is 0 Å². The van der Waals surface area contributed by atoms with Gasteiger partial charge in [-0.1, -0.05) is 6.07 Å². The number of carbonyl (C=O) groups is 1. The fraction of sp³-hybridized carbons (Fsp3) is 0.278. The molecule has 0 spiro atoms. The van der Waals surface area contributed by atoms with Gasteiger partial charge in [0.1, 0.15) is 0 Å². The molecule has 0 saturated heterocycles. The molecule has 5 heteroatoms. The highest BCUT2D eigenvalue weighted by Gasteiger charge is 2.15. The van der Waals surface area contributed by atoms with Crippen molar-refractivity contribution in [3.63, 3.8) is 0 Å². The predicted octanol–water partition coefficient (Wildman–Crippen LogP) is 3.16. The second kappa shape index (κ2) is 6.60. The van der Waals surface area contributed by atoms with E-state index >= 15 is 0 Å².